The van der Waals surface area contributed by atoms with Gasteiger partial charge in [-0.05, 0) is 71.8 Å². The maximum absolute atomic E-state index is 14.3. The zero-order valence-corrected chi connectivity index (χ0v) is 23.4. The number of piperidine rings is 1. The van der Waals surface area contributed by atoms with Gasteiger partial charge < -0.3 is 14.5 Å². The van der Waals surface area contributed by atoms with Gasteiger partial charge in [0.25, 0.3) is 5.91 Å². The molecule has 39 heavy (non-hydrogen) atoms. The molecule has 1 amide bonds. The number of halogens is 1. The van der Waals surface area contributed by atoms with Crippen molar-refractivity contribution in [2.24, 2.45) is 10.4 Å². The maximum atomic E-state index is 14.3. The second kappa shape index (κ2) is 11.4. The average molecular weight is 535 g/mol. The molecule has 0 bridgehead atoms. The molecule has 2 aromatic rings. The minimum absolute atomic E-state index is 0.0406. The van der Waals surface area contributed by atoms with E-state index in [4.69, 9.17) is 4.74 Å². The van der Waals surface area contributed by atoms with E-state index >= 15 is 0 Å². The lowest BCUT2D eigenvalue weighted by Gasteiger charge is -2.54. The minimum Gasteiger partial charge on any atom is -0.451 e. The molecule has 3 aliphatic rings. The van der Waals surface area contributed by atoms with Crippen molar-refractivity contribution in [3.63, 3.8) is 0 Å². The van der Waals surface area contributed by atoms with Gasteiger partial charge in [-0.2, -0.15) is 0 Å². The summed E-state index contributed by atoms with van der Waals surface area (Å²) in [5.74, 6) is 0.730. The molecular weight excluding hydrogens is 495 g/mol. The Morgan fingerprint density at radius 1 is 1.13 bits per heavy atom. The molecule has 3 aliphatic heterocycles. The third-order valence-electron chi connectivity index (χ3n) is 8.06. The summed E-state index contributed by atoms with van der Waals surface area (Å²) in [6, 6.07) is 4.00. The Balaban J connectivity index is 1.27. The van der Waals surface area contributed by atoms with E-state index in [1.165, 1.54) is 30.1 Å². The highest BCUT2D eigenvalue weighted by molar-refractivity contribution is 5.97. The number of likely N-dealkylation sites (tertiary alicyclic amines) is 1. The number of aliphatic imine (C=N–C) groups is 1. The SMILES string of the molecule is CC(C)N(C(=O)c1cc(F)ccc1Oc1cncnc1N1CC2(CCN(CC3=CCN=CC3)CC2)C1)C(C)C. The van der Waals surface area contributed by atoms with Gasteiger partial charge in [-0.1, -0.05) is 11.6 Å². The first kappa shape index (κ1) is 27.2. The molecule has 1 aromatic carbocycles. The number of dihydropyridines is 1. The van der Waals surface area contributed by atoms with Crippen LogP contribution in [0.5, 0.6) is 11.5 Å². The highest BCUT2D eigenvalue weighted by atomic mass is 19.1. The van der Waals surface area contributed by atoms with Crippen LogP contribution in [0.3, 0.4) is 0 Å². The van der Waals surface area contributed by atoms with Crippen LogP contribution in [0.15, 0.2) is 47.4 Å². The predicted molar refractivity (Wildman–Crippen MR) is 151 cm³/mol. The monoisotopic (exact) mass is 534 g/mol. The third kappa shape index (κ3) is 5.98. The summed E-state index contributed by atoms with van der Waals surface area (Å²) in [4.78, 5) is 33.0. The van der Waals surface area contributed by atoms with Crippen molar-refractivity contribution in [3.05, 3.63) is 53.8 Å². The van der Waals surface area contributed by atoms with E-state index in [0.29, 0.717) is 17.3 Å². The standard InChI is InChI=1S/C30H39FN6O2/c1-21(2)37(22(3)4)29(38)25-15-24(31)5-6-26(25)39-27-16-33-20-34-28(27)36-18-30(19-36)9-13-35(14-10-30)17-23-7-11-32-12-8-23/h5-7,12,15-16,20-22H,8-11,13-14,17-19H2,1-4H3. The number of carbonyl (C=O) groups is 1. The van der Waals surface area contributed by atoms with Crippen molar-refractivity contribution >= 4 is 17.9 Å². The normalized spacial score (nSPS) is 18.8. The molecule has 0 atom stereocenters. The Hall–Kier alpha value is -3.33. The Morgan fingerprint density at radius 2 is 1.87 bits per heavy atom. The summed E-state index contributed by atoms with van der Waals surface area (Å²) in [7, 11) is 0. The summed E-state index contributed by atoms with van der Waals surface area (Å²) >= 11 is 0. The fourth-order valence-electron chi connectivity index (χ4n) is 6.05. The number of benzene rings is 1. The van der Waals surface area contributed by atoms with Gasteiger partial charge in [0.1, 0.15) is 17.9 Å². The van der Waals surface area contributed by atoms with Gasteiger partial charge in [-0.3, -0.25) is 14.7 Å². The third-order valence-corrected chi connectivity index (χ3v) is 8.06. The maximum Gasteiger partial charge on any atom is 0.258 e. The molecule has 1 spiro atoms. The van der Waals surface area contributed by atoms with Crippen LogP contribution >= 0.6 is 0 Å². The van der Waals surface area contributed by atoms with E-state index in [2.05, 4.69) is 30.8 Å². The van der Waals surface area contributed by atoms with Gasteiger partial charge >= 0.3 is 0 Å². The molecule has 0 saturated carbocycles. The van der Waals surface area contributed by atoms with Crippen molar-refractivity contribution in [1.29, 1.82) is 0 Å². The lowest BCUT2D eigenvalue weighted by atomic mass is 9.72. The Labute approximate surface area is 230 Å². The topological polar surface area (TPSA) is 74.2 Å². The van der Waals surface area contributed by atoms with Gasteiger partial charge in [0, 0.05) is 49.8 Å². The average Bonchev–Trinajstić information content (AvgIpc) is 2.89. The summed E-state index contributed by atoms with van der Waals surface area (Å²) < 4.78 is 20.5. The smallest absolute Gasteiger partial charge is 0.258 e. The molecule has 0 N–H and O–H groups in total. The van der Waals surface area contributed by atoms with Crippen LogP contribution in [0.1, 0.15) is 57.3 Å². The summed E-state index contributed by atoms with van der Waals surface area (Å²) in [5, 5.41) is 0. The Bertz CT molecular complexity index is 1240. The number of amides is 1. The number of aromatic nitrogens is 2. The highest BCUT2D eigenvalue weighted by Crippen LogP contribution is 2.45. The fraction of sp³-hybridized carbons (Fsp3) is 0.533. The number of anilines is 1. The quantitative estimate of drug-likeness (QED) is 0.445. The lowest BCUT2D eigenvalue weighted by Crippen LogP contribution is -2.60. The first-order valence-corrected chi connectivity index (χ1v) is 14.0. The number of hydrogen-bond donors (Lipinski definition) is 0. The van der Waals surface area contributed by atoms with Crippen molar-refractivity contribution in [1.82, 2.24) is 19.8 Å². The van der Waals surface area contributed by atoms with Gasteiger partial charge in [0.05, 0.1) is 18.3 Å². The van der Waals surface area contributed by atoms with E-state index in [9.17, 15) is 9.18 Å². The number of hydrogen-bond acceptors (Lipinski definition) is 7. The van der Waals surface area contributed by atoms with Crippen LogP contribution in [0, 0.1) is 11.2 Å². The van der Waals surface area contributed by atoms with Crippen molar-refractivity contribution in [2.45, 2.75) is 59.0 Å². The molecule has 4 heterocycles. The van der Waals surface area contributed by atoms with Crippen molar-refractivity contribution in [2.75, 3.05) is 44.2 Å². The lowest BCUT2D eigenvalue weighted by molar-refractivity contribution is 0.0640. The second-order valence-corrected chi connectivity index (χ2v) is 11.6. The second-order valence-electron chi connectivity index (χ2n) is 11.6. The summed E-state index contributed by atoms with van der Waals surface area (Å²) in [6.07, 6.45) is 10.7. The molecular formula is C30H39FN6O2. The van der Waals surface area contributed by atoms with Gasteiger partial charge in [0.2, 0.25) is 0 Å². The van der Waals surface area contributed by atoms with Crippen LogP contribution in [-0.2, 0) is 0 Å². The first-order valence-electron chi connectivity index (χ1n) is 14.0. The van der Waals surface area contributed by atoms with Crippen LogP contribution in [-0.4, -0.2) is 83.2 Å². The van der Waals surface area contributed by atoms with E-state index in [-0.39, 0.29) is 29.0 Å². The summed E-state index contributed by atoms with van der Waals surface area (Å²) in [6.45, 7) is 13.7. The molecule has 2 fully saturated rings. The van der Waals surface area contributed by atoms with Gasteiger partial charge in [-0.25, -0.2) is 14.4 Å². The Kier molecular flexibility index (Phi) is 7.98. The van der Waals surface area contributed by atoms with E-state index in [0.717, 1.165) is 58.5 Å². The molecule has 5 rings (SSSR count). The number of carbonyl (C=O) groups excluding carboxylic acids is 1. The number of ether oxygens (including phenoxy) is 1. The number of nitrogens with zero attached hydrogens (tertiary/aromatic N) is 6. The molecule has 0 unspecified atom stereocenters. The fourth-order valence-corrected chi connectivity index (χ4v) is 6.05. The van der Waals surface area contributed by atoms with Crippen LogP contribution in [0.25, 0.3) is 0 Å². The van der Waals surface area contributed by atoms with E-state index < -0.39 is 5.82 Å². The molecule has 0 radical (unpaired) electrons. The molecule has 8 nitrogen and oxygen atoms in total. The zero-order chi connectivity index (χ0) is 27.6. The van der Waals surface area contributed by atoms with Crippen molar-refractivity contribution < 1.29 is 13.9 Å². The van der Waals surface area contributed by atoms with Crippen molar-refractivity contribution in [3.8, 4) is 11.5 Å². The molecule has 1 aromatic heterocycles. The first-order chi connectivity index (χ1) is 18.7. The number of rotatable bonds is 8. The molecule has 208 valence electrons. The molecule has 9 heteroatoms. The Morgan fingerprint density at radius 3 is 2.54 bits per heavy atom. The summed E-state index contributed by atoms with van der Waals surface area (Å²) in [5.41, 5.74) is 1.95. The zero-order valence-electron chi connectivity index (χ0n) is 23.4. The van der Waals surface area contributed by atoms with Gasteiger partial charge in [0.15, 0.2) is 11.6 Å². The predicted octanol–water partition coefficient (Wildman–Crippen LogP) is 4.97. The van der Waals surface area contributed by atoms with Crippen LogP contribution in [0.4, 0.5) is 10.2 Å². The minimum atomic E-state index is -0.480. The van der Waals surface area contributed by atoms with E-state index in [1.807, 2.05) is 33.9 Å². The molecule has 2 saturated heterocycles. The van der Waals surface area contributed by atoms with E-state index in [1.54, 1.807) is 11.1 Å². The van der Waals surface area contributed by atoms with Crippen LogP contribution < -0.4 is 9.64 Å². The van der Waals surface area contributed by atoms with Gasteiger partial charge in [-0.15, -0.1) is 0 Å². The van der Waals surface area contributed by atoms with Crippen LogP contribution in [0.2, 0.25) is 0 Å². The highest BCUT2D eigenvalue weighted by Gasteiger charge is 2.46. The molecule has 0 aliphatic carbocycles. The largest absolute Gasteiger partial charge is 0.451 e.